The highest BCUT2D eigenvalue weighted by Gasteiger charge is 2.30. The molecule has 0 spiro atoms. The van der Waals surface area contributed by atoms with Crippen LogP contribution in [-0.2, 0) is 6.54 Å². The molecule has 2 rings (SSSR count). The summed E-state index contributed by atoms with van der Waals surface area (Å²) in [5.41, 5.74) is -0.686. The molecule has 1 atom stereocenters. The van der Waals surface area contributed by atoms with Crippen LogP contribution in [0.25, 0.3) is 0 Å². The van der Waals surface area contributed by atoms with Gasteiger partial charge in [0.2, 0.25) is 0 Å². The summed E-state index contributed by atoms with van der Waals surface area (Å²) in [5.74, 6) is 0. The smallest absolute Gasteiger partial charge is 0.378 e. The Morgan fingerprint density at radius 3 is 2.89 bits per heavy atom. The number of hydrogen-bond acceptors (Lipinski definition) is 4. The molecule has 9 heteroatoms. The Kier molecular flexibility index (Phi) is 4.00. The highest BCUT2D eigenvalue weighted by molar-refractivity contribution is 6.32. The first-order valence-corrected chi connectivity index (χ1v) is 6.04. The fourth-order valence-electron chi connectivity index (χ4n) is 1.85. The Labute approximate surface area is 111 Å². The van der Waals surface area contributed by atoms with Crippen molar-refractivity contribution in [3.05, 3.63) is 21.6 Å². The van der Waals surface area contributed by atoms with E-state index >= 15 is 0 Å². The quantitative estimate of drug-likeness (QED) is 0.881. The van der Waals surface area contributed by atoms with E-state index in [2.05, 4.69) is 15.7 Å². The second-order valence-electron chi connectivity index (χ2n) is 4.28. The predicted molar refractivity (Wildman–Crippen MR) is 64.5 cm³/mol. The maximum absolute atomic E-state index is 12.2. The molecule has 1 aliphatic rings. The molecule has 5 nitrogen and oxygen atoms in total. The lowest BCUT2D eigenvalue weighted by atomic mass is 10.2. The Balaban J connectivity index is 2.19. The summed E-state index contributed by atoms with van der Waals surface area (Å²) in [5, 5.41) is 9.31. The van der Waals surface area contributed by atoms with Crippen molar-refractivity contribution in [2.24, 2.45) is 0 Å². The summed E-state index contributed by atoms with van der Waals surface area (Å²) >= 11 is 5.78. The van der Waals surface area contributed by atoms with E-state index in [-0.39, 0.29) is 16.8 Å². The number of alkyl halides is 3. The van der Waals surface area contributed by atoms with E-state index in [4.69, 9.17) is 11.6 Å². The molecule has 19 heavy (non-hydrogen) atoms. The van der Waals surface area contributed by atoms with Crippen molar-refractivity contribution in [1.29, 1.82) is 0 Å². The molecule has 1 saturated heterocycles. The van der Waals surface area contributed by atoms with Crippen molar-refractivity contribution in [2.75, 3.05) is 18.4 Å². The first kappa shape index (κ1) is 14.1. The van der Waals surface area contributed by atoms with Crippen molar-refractivity contribution >= 4 is 17.3 Å². The van der Waals surface area contributed by atoms with Crippen LogP contribution in [0.2, 0.25) is 5.02 Å². The van der Waals surface area contributed by atoms with E-state index < -0.39 is 18.3 Å². The van der Waals surface area contributed by atoms with Crippen LogP contribution in [0, 0.1) is 0 Å². The van der Waals surface area contributed by atoms with E-state index in [9.17, 15) is 18.0 Å². The summed E-state index contributed by atoms with van der Waals surface area (Å²) in [4.78, 5) is 11.7. The molecule has 1 unspecified atom stereocenters. The number of aromatic nitrogens is 2. The summed E-state index contributed by atoms with van der Waals surface area (Å²) in [7, 11) is 0. The molecule has 1 aromatic rings. The first-order valence-electron chi connectivity index (χ1n) is 5.66. The van der Waals surface area contributed by atoms with Crippen LogP contribution < -0.4 is 16.2 Å². The summed E-state index contributed by atoms with van der Waals surface area (Å²) in [6, 6.07) is 0.0946. The minimum Gasteiger partial charge on any atom is -0.378 e. The maximum atomic E-state index is 12.2. The van der Waals surface area contributed by atoms with Gasteiger partial charge < -0.3 is 10.6 Å². The fourth-order valence-corrected chi connectivity index (χ4v) is 2.05. The van der Waals surface area contributed by atoms with Gasteiger partial charge in [-0.05, 0) is 13.0 Å². The maximum Gasteiger partial charge on any atom is 0.408 e. The number of anilines is 1. The normalized spacial score (nSPS) is 19.7. The van der Waals surface area contributed by atoms with Gasteiger partial charge in [0, 0.05) is 12.6 Å². The van der Waals surface area contributed by atoms with E-state index in [1.807, 2.05) is 0 Å². The van der Waals surface area contributed by atoms with Crippen LogP contribution in [0.3, 0.4) is 0 Å². The van der Waals surface area contributed by atoms with Gasteiger partial charge in [-0.3, -0.25) is 4.79 Å². The molecule has 106 valence electrons. The predicted octanol–water partition coefficient (Wildman–Crippen LogP) is 1.23. The molecule has 0 amide bonds. The van der Waals surface area contributed by atoms with Gasteiger partial charge >= 0.3 is 6.18 Å². The molecule has 1 aliphatic heterocycles. The third-order valence-corrected chi connectivity index (χ3v) is 3.10. The van der Waals surface area contributed by atoms with E-state index in [1.54, 1.807) is 0 Å². The van der Waals surface area contributed by atoms with Crippen molar-refractivity contribution in [2.45, 2.75) is 25.2 Å². The zero-order valence-corrected chi connectivity index (χ0v) is 10.6. The highest BCUT2D eigenvalue weighted by Crippen LogP contribution is 2.20. The van der Waals surface area contributed by atoms with Gasteiger partial charge in [0.25, 0.3) is 5.56 Å². The molecule has 2 N–H and O–H groups in total. The third kappa shape index (κ3) is 3.60. The second-order valence-corrected chi connectivity index (χ2v) is 4.66. The Morgan fingerprint density at radius 2 is 2.32 bits per heavy atom. The van der Waals surface area contributed by atoms with Gasteiger partial charge in [-0.2, -0.15) is 18.3 Å². The Morgan fingerprint density at radius 1 is 1.58 bits per heavy atom. The average Bonchev–Trinajstić information content (AvgIpc) is 2.80. The number of hydrogen-bond donors (Lipinski definition) is 2. The topological polar surface area (TPSA) is 59.0 Å². The second kappa shape index (κ2) is 5.38. The van der Waals surface area contributed by atoms with Crippen molar-refractivity contribution in [3.8, 4) is 0 Å². The lowest BCUT2D eigenvalue weighted by Gasteiger charge is -2.15. The zero-order valence-electron chi connectivity index (χ0n) is 9.80. The molecule has 0 aliphatic carbocycles. The fraction of sp³-hybridized carbons (Fsp3) is 0.600. The molecular weight excluding hydrogens is 285 g/mol. The van der Waals surface area contributed by atoms with Crippen LogP contribution in [0.15, 0.2) is 11.0 Å². The minimum atomic E-state index is -4.51. The minimum absolute atomic E-state index is 0.0946. The van der Waals surface area contributed by atoms with Crippen molar-refractivity contribution in [3.63, 3.8) is 0 Å². The highest BCUT2D eigenvalue weighted by atomic mass is 35.5. The van der Waals surface area contributed by atoms with Gasteiger partial charge in [-0.15, -0.1) is 0 Å². The van der Waals surface area contributed by atoms with Crippen molar-refractivity contribution < 1.29 is 13.2 Å². The molecular formula is C10H12ClF3N4O. The van der Waals surface area contributed by atoms with Crippen LogP contribution >= 0.6 is 11.6 Å². The van der Waals surface area contributed by atoms with Gasteiger partial charge in [0.05, 0.1) is 11.9 Å². The largest absolute Gasteiger partial charge is 0.408 e. The number of nitrogens with zero attached hydrogens (tertiary/aromatic N) is 2. The van der Waals surface area contributed by atoms with Gasteiger partial charge in [-0.25, -0.2) is 4.68 Å². The first-order chi connectivity index (χ1) is 8.87. The molecule has 0 radical (unpaired) electrons. The van der Waals surface area contributed by atoms with E-state index in [0.717, 1.165) is 19.2 Å². The Hall–Kier alpha value is -1.28. The van der Waals surface area contributed by atoms with Crippen molar-refractivity contribution in [1.82, 2.24) is 15.1 Å². The van der Waals surface area contributed by atoms with Crippen LogP contribution in [0.1, 0.15) is 6.42 Å². The van der Waals surface area contributed by atoms with E-state index in [0.29, 0.717) is 11.2 Å². The lowest BCUT2D eigenvalue weighted by Crippen LogP contribution is -2.32. The summed E-state index contributed by atoms with van der Waals surface area (Å²) in [6.07, 6.45) is -2.51. The van der Waals surface area contributed by atoms with Crippen LogP contribution in [-0.4, -0.2) is 35.1 Å². The SMILES string of the molecule is O=c1c(Cl)c(NC2CCNC2)cnn1CC(F)(F)F. The van der Waals surface area contributed by atoms with Gasteiger partial charge in [0.1, 0.15) is 11.6 Å². The summed E-state index contributed by atoms with van der Waals surface area (Å²) < 4.78 is 36.9. The van der Waals surface area contributed by atoms with Gasteiger partial charge in [0.15, 0.2) is 0 Å². The van der Waals surface area contributed by atoms with E-state index in [1.165, 1.54) is 0 Å². The summed E-state index contributed by atoms with van der Waals surface area (Å²) in [6.45, 7) is 0.104. The molecule has 2 heterocycles. The lowest BCUT2D eigenvalue weighted by molar-refractivity contribution is -0.143. The Bertz CT molecular complexity index is 510. The molecule has 1 aromatic heterocycles. The third-order valence-electron chi connectivity index (χ3n) is 2.73. The molecule has 0 saturated carbocycles. The van der Waals surface area contributed by atoms with Gasteiger partial charge in [-0.1, -0.05) is 11.6 Å². The number of rotatable bonds is 3. The molecule has 0 bridgehead atoms. The zero-order chi connectivity index (χ0) is 14.0. The number of nitrogens with one attached hydrogen (secondary N) is 2. The average molecular weight is 297 g/mol. The standard InChI is InChI=1S/C10H12ClF3N4O/c11-8-7(17-6-1-2-15-3-6)4-16-18(9(8)19)5-10(12,13)14/h4,6,15,17H,1-3,5H2. The monoisotopic (exact) mass is 296 g/mol. The number of halogens is 4. The molecule has 1 fully saturated rings. The molecule has 0 aromatic carbocycles. The van der Waals surface area contributed by atoms with Crippen LogP contribution in [0.5, 0.6) is 0 Å². The van der Waals surface area contributed by atoms with Crippen LogP contribution in [0.4, 0.5) is 18.9 Å².